The minimum Gasteiger partial charge on any atom is -0.468 e. The summed E-state index contributed by atoms with van der Waals surface area (Å²) < 4.78 is 20.9. The Hall–Kier alpha value is -3.90. The Bertz CT molecular complexity index is 1450. The molecule has 0 aliphatic heterocycles. The molecular weight excluding hydrogens is 656 g/mol. The normalized spacial score (nSPS) is 25.1. The molecule has 4 aliphatic carbocycles. The monoisotopic (exact) mass is 674 g/mol. The van der Waals surface area contributed by atoms with Gasteiger partial charge in [-0.05, 0) is 46.6 Å². The number of halogens is 2. The molecule has 12 heteroatoms. The summed E-state index contributed by atoms with van der Waals surface area (Å²) in [7, 11) is 3.99. The van der Waals surface area contributed by atoms with Gasteiger partial charge in [-0.15, -0.1) is 0 Å². The molecule has 0 spiro atoms. The topological polar surface area (TPSA) is 139 Å². The summed E-state index contributed by atoms with van der Waals surface area (Å²) in [6.45, 7) is 0. The van der Waals surface area contributed by atoms with Crippen LogP contribution in [0.4, 0.5) is 0 Å². The average molecular weight is 676 g/mol. The number of ketones is 2. The average Bonchev–Trinajstić information content (AvgIpc) is 3.12. The largest absolute Gasteiger partial charge is 0.468 e. The van der Waals surface area contributed by atoms with E-state index in [0.29, 0.717) is 8.96 Å². The van der Waals surface area contributed by atoms with Crippen molar-refractivity contribution in [2.75, 3.05) is 28.4 Å². The Kier molecular flexibility index (Phi) is 7.70. The molecule has 0 N–H and O–H groups in total. The lowest BCUT2D eigenvalue weighted by Gasteiger charge is -2.42. The predicted octanol–water partition coefficient (Wildman–Crippen LogP) is 2.96. The summed E-state index contributed by atoms with van der Waals surface area (Å²) >= 11 is 6.63. The highest BCUT2D eigenvalue weighted by Gasteiger charge is 2.79. The number of allylic oxidation sites excluding steroid dienone is 12. The Labute approximate surface area is 244 Å². The maximum absolute atomic E-state index is 14.6. The van der Waals surface area contributed by atoms with E-state index in [1.54, 1.807) is 0 Å². The molecule has 0 saturated heterocycles. The van der Waals surface area contributed by atoms with E-state index in [9.17, 15) is 28.8 Å². The van der Waals surface area contributed by atoms with Crippen LogP contribution in [-0.4, -0.2) is 63.9 Å². The Balaban J connectivity index is 2.28. The van der Waals surface area contributed by atoms with Crippen molar-refractivity contribution in [3.05, 3.63) is 91.0 Å². The molecule has 0 bridgehead atoms. The highest BCUT2D eigenvalue weighted by Crippen LogP contribution is 2.65. The van der Waals surface area contributed by atoms with Crippen LogP contribution in [0.5, 0.6) is 0 Å². The molecule has 4 aliphatic rings. The molecular formula is C28H20Br2O10. The van der Waals surface area contributed by atoms with E-state index in [0.717, 1.165) is 28.4 Å². The number of carbonyl (C=O) groups is 6. The lowest BCUT2D eigenvalue weighted by atomic mass is 9.54. The molecule has 0 fully saturated rings. The summed E-state index contributed by atoms with van der Waals surface area (Å²) in [6.07, 6.45) is 11.3. The van der Waals surface area contributed by atoms with Crippen molar-refractivity contribution in [3.63, 3.8) is 0 Å². The number of fused-ring (bicyclic) bond motifs is 2. The van der Waals surface area contributed by atoms with Crippen LogP contribution in [0.15, 0.2) is 91.0 Å². The zero-order valence-electron chi connectivity index (χ0n) is 21.5. The highest BCUT2D eigenvalue weighted by atomic mass is 79.9. The van der Waals surface area contributed by atoms with Crippen LogP contribution >= 0.6 is 31.9 Å². The number of methoxy groups -OCH3 is 4. The number of Topliss-reactive ketones (excluding diaryl/α,β-unsaturated/α-hetero) is 2. The molecule has 0 heterocycles. The fourth-order valence-electron chi connectivity index (χ4n) is 5.45. The van der Waals surface area contributed by atoms with Crippen molar-refractivity contribution in [1.82, 2.24) is 0 Å². The SMILES string of the molecule is COC(=O)C1=C2C=CC(Br)=CC=C2[C@@](C(=O)OC)([C@@]2(C(=O)OC)C(=O)C(C(=O)OC)=C3C=CC(Br)=CC=C32)C1=O. The molecule has 0 aromatic carbocycles. The molecule has 0 aromatic rings. The third-order valence-electron chi connectivity index (χ3n) is 7.02. The second-order valence-electron chi connectivity index (χ2n) is 8.63. The third-order valence-corrected chi connectivity index (χ3v) is 8.08. The highest BCUT2D eigenvalue weighted by molar-refractivity contribution is 9.12. The Morgan fingerprint density at radius 3 is 1.23 bits per heavy atom. The summed E-state index contributed by atoms with van der Waals surface area (Å²) in [4.78, 5) is 83.4. The van der Waals surface area contributed by atoms with Gasteiger partial charge in [0.25, 0.3) is 0 Å². The van der Waals surface area contributed by atoms with Crippen molar-refractivity contribution < 1.29 is 47.7 Å². The van der Waals surface area contributed by atoms with Gasteiger partial charge < -0.3 is 18.9 Å². The van der Waals surface area contributed by atoms with Crippen molar-refractivity contribution in [2.24, 2.45) is 10.8 Å². The van der Waals surface area contributed by atoms with Gasteiger partial charge in [0.15, 0.2) is 22.4 Å². The van der Waals surface area contributed by atoms with Crippen LogP contribution in [0, 0.1) is 10.8 Å². The van der Waals surface area contributed by atoms with Crippen molar-refractivity contribution in [3.8, 4) is 0 Å². The first kappa shape index (κ1) is 29.1. The number of ether oxygens (including phenoxy) is 4. The Morgan fingerprint density at radius 2 is 0.925 bits per heavy atom. The van der Waals surface area contributed by atoms with E-state index in [-0.39, 0.29) is 22.3 Å². The lowest BCUT2D eigenvalue weighted by molar-refractivity contribution is -0.175. The molecule has 206 valence electrons. The van der Waals surface area contributed by atoms with Gasteiger partial charge in [0.1, 0.15) is 11.1 Å². The van der Waals surface area contributed by atoms with E-state index >= 15 is 0 Å². The standard InChI is InChI=1S/C28H20Br2O10/c1-37-23(33)19-15-9-5-13(29)7-11-17(15)27(21(19)31,25(35)39-3)28(26(36)40-4)18-12-8-14(30)6-10-16(18)20(22(28)32)24(34)38-2/h5-12H,1-4H3/t27-,28-/m1/s1. The molecule has 0 saturated carbocycles. The number of rotatable bonds is 5. The van der Waals surface area contributed by atoms with Crippen molar-refractivity contribution >= 4 is 67.3 Å². The summed E-state index contributed by atoms with van der Waals surface area (Å²) in [5.41, 5.74) is -7.53. The van der Waals surface area contributed by atoms with Crippen LogP contribution in [0.2, 0.25) is 0 Å². The van der Waals surface area contributed by atoms with E-state index in [2.05, 4.69) is 31.9 Å². The third kappa shape index (κ3) is 3.66. The van der Waals surface area contributed by atoms with Gasteiger partial charge in [0.2, 0.25) is 0 Å². The van der Waals surface area contributed by atoms with Gasteiger partial charge in [-0.25, -0.2) is 9.59 Å². The first-order chi connectivity index (χ1) is 19.0. The molecule has 0 aromatic heterocycles. The number of carbonyl (C=O) groups excluding carboxylic acids is 6. The van der Waals surface area contributed by atoms with Crippen LogP contribution in [-0.2, 0) is 47.7 Å². The van der Waals surface area contributed by atoms with Gasteiger partial charge in [-0.1, -0.05) is 56.2 Å². The zero-order chi connectivity index (χ0) is 29.6. The van der Waals surface area contributed by atoms with E-state index in [1.165, 1.54) is 48.6 Å². The van der Waals surface area contributed by atoms with Crippen LogP contribution in [0.1, 0.15) is 0 Å². The summed E-state index contributed by atoms with van der Waals surface area (Å²) in [5.74, 6) is -7.43. The van der Waals surface area contributed by atoms with Crippen LogP contribution < -0.4 is 0 Å². The fraction of sp³-hybridized carbons (Fsp3) is 0.214. The molecule has 4 rings (SSSR count). The Morgan fingerprint density at radius 1 is 0.575 bits per heavy atom. The molecule has 2 atom stereocenters. The van der Waals surface area contributed by atoms with Gasteiger partial charge in [0.05, 0.1) is 28.4 Å². The molecule has 0 radical (unpaired) electrons. The molecule has 10 nitrogen and oxygen atoms in total. The number of hydrogen-bond acceptors (Lipinski definition) is 10. The first-order valence-corrected chi connectivity index (χ1v) is 13.0. The van der Waals surface area contributed by atoms with Gasteiger partial charge in [-0.3, -0.25) is 19.2 Å². The van der Waals surface area contributed by atoms with E-state index in [4.69, 9.17) is 18.9 Å². The fourth-order valence-corrected chi connectivity index (χ4v) is 5.98. The molecule has 40 heavy (non-hydrogen) atoms. The maximum atomic E-state index is 14.6. The maximum Gasteiger partial charge on any atom is 0.342 e. The molecule has 0 unspecified atom stereocenters. The van der Waals surface area contributed by atoms with Gasteiger partial charge in [-0.2, -0.15) is 0 Å². The van der Waals surface area contributed by atoms with E-state index in [1.807, 2.05) is 0 Å². The van der Waals surface area contributed by atoms with Crippen LogP contribution in [0.3, 0.4) is 0 Å². The minimum absolute atomic E-state index is 0.0846. The van der Waals surface area contributed by atoms with Gasteiger partial charge in [0, 0.05) is 8.96 Å². The predicted molar refractivity (Wildman–Crippen MR) is 145 cm³/mol. The van der Waals surface area contributed by atoms with Crippen molar-refractivity contribution in [1.29, 1.82) is 0 Å². The zero-order valence-corrected chi connectivity index (χ0v) is 24.6. The second kappa shape index (κ2) is 10.6. The minimum atomic E-state index is -2.87. The van der Waals surface area contributed by atoms with Gasteiger partial charge >= 0.3 is 23.9 Å². The van der Waals surface area contributed by atoms with Crippen LogP contribution in [0.25, 0.3) is 0 Å². The lowest BCUT2D eigenvalue weighted by Crippen LogP contribution is -2.61. The molecule has 0 amide bonds. The summed E-state index contributed by atoms with van der Waals surface area (Å²) in [5, 5.41) is 0. The first-order valence-electron chi connectivity index (χ1n) is 11.4. The number of hydrogen-bond donors (Lipinski definition) is 0. The second-order valence-corrected chi connectivity index (χ2v) is 10.5. The smallest absolute Gasteiger partial charge is 0.342 e. The summed E-state index contributed by atoms with van der Waals surface area (Å²) in [6, 6.07) is 0. The number of esters is 4. The quantitative estimate of drug-likeness (QED) is 0.185. The van der Waals surface area contributed by atoms with Crippen molar-refractivity contribution in [2.45, 2.75) is 0 Å². The van der Waals surface area contributed by atoms with E-state index < -0.39 is 57.4 Å².